The number of amides is 1. The van der Waals surface area contributed by atoms with E-state index in [2.05, 4.69) is 4.98 Å². The van der Waals surface area contributed by atoms with Gasteiger partial charge in [-0.05, 0) is 61.7 Å². The lowest BCUT2D eigenvalue weighted by Crippen LogP contribution is -2.68. The average Bonchev–Trinajstić information content (AvgIpc) is 3.55. The number of phosphoric ester groups is 1. The predicted molar refractivity (Wildman–Crippen MR) is 142 cm³/mol. The molecule has 2 atom stereocenters. The molecule has 1 aromatic heterocycles. The van der Waals surface area contributed by atoms with Crippen LogP contribution >= 0.6 is 7.82 Å². The number of phosphoric acid groups is 1. The highest BCUT2D eigenvalue weighted by Crippen LogP contribution is 2.80. The van der Waals surface area contributed by atoms with E-state index in [0.717, 1.165) is 11.4 Å². The Bertz CT molecular complexity index is 1550. The molecule has 1 amide bonds. The van der Waals surface area contributed by atoms with Gasteiger partial charge in [-0.1, -0.05) is 25.1 Å². The Morgan fingerprint density at radius 2 is 1.95 bits per heavy atom. The molecular formula is C28H29FN3O7P. The molecular weight excluding hydrogens is 540 g/mol. The molecule has 2 bridgehead atoms. The summed E-state index contributed by atoms with van der Waals surface area (Å²) < 4.78 is 57.7. The first-order valence-corrected chi connectivity index (χ1v) is 14.4. The lowest BCUT2D eigenvalue weighted by atomic mass is 9.87. The van der Waals surface area contributed by atoms with Crippen LogP contribution in [0.3, 0.4) is 0 Å². The van der Waals surface area contributed by atoms with E-state index in [9.17, 15) is 13.8 Å². The number of halogens is 1. The van der Waals surface area contributed by atoms with Crippen LogP contribution in [0.1, 0.15) is 43.1 Å². The first-order valence-electron chi connectivity index (χ1n) is 13.0. The van der Waals surface area contributed by atoms with Crippen LogP contribution < -0.4 is 4.74 Å². The SMILES string of the molecule is CCCOC12OP3(=O)OC1(CN([C@@H](C)c1ccc(F)cc1)C(=O)/C2=C/c1ccc(-n2cnc(C)c2)c(OC)c1)O3. The third kappa shape index (κ3) is 4.12. The zero-order chi connectivity index (χ0) is 28.3. The molecule has 4 fully saturated rings. The van der Waals surface area contributed by atoms with Gasteiger partial charge >= 0.3 is 7.82 Å². The van der Waals surface area contributed by atoms with E-state index in [0.29, 0.717) is 23.3 Å². The van der Waals surface area contributed by atoms with E-state index in [1.54, 1.807) is 37.7 Å². The number of hydrogen-bond acceptors (Lipinski definition) is 8. The van der Waals surface area contributed by atoms with Gasteiger partial charge in [0.1, 0.15) is 11.6 Å². The number of ether oxygens (including phenoxy) is 2. The molecule has 40 heavy (non-hydrogen) atoms. The number of benzene rings is 2. The lowest BCUT2D eigenvalue weighted by molar-refractivity contribution is -0.299. The number of carbonyl (C=O) groups is 1. The summed E-state index contributed by atoms with van der Waals surface area (Å²) >= 11 is 0. The van der Waals surface area contributed by atoms with Gasteiger partial charge in [0.2, 0.25) is 0 Å². The first-order chi connectivity index (χ1) is 19.1. The van der Waals surface area contributed by atoms with Crippen LogP contribution in [0, 0.1) is 12.7 Å². The minimum Gasteiger partial charge on any atom is -0.495 e. The van der Waals surface area contributed by atoms with Crippen molar-refractivity contribution in [3.05, 3.63) is 83.2 Å². The minimum absolute atomic E-state index is 0.0738. The van der Waals surface area contributed by atoms with Crippen LogP contribution in [0.2, 0.25) is 0 Å². The van der Waals surface area contributed by atoms with Crippen molar-refractivity contribution in [3.63, 3.8) is 0 Å². The molecule has 0 saturated carbocycles. The molecule has 12 heteroatoms. The molecule has 7 rings (SSSR count). The van der Waals surface area contributed by atoms with Crippen LogP contribution in [-0.2, 0) is 27.7 Å². The number of aryl methyl sites for hydroxylation is 1. The molecule has 0 N–H and O–H groups in total. The van der Waals surface area contributed by atoms with Gasteiger partial charge in [-0.3, -0.25) is 4.79 Å². The molecule has 0 aliphatic carbocycles. The summed E-state index contributed by atoms with van der Waals surface area (Å²) in [6.07, 6.45) is 5.79. The van der Waals surface area contributed by atoms with E-state index >= 15 is 0 Å². The summed E-state index contributed by atoms with van der Waals surface area (Å²) in [5, 5.41) is 0. The Kier molecular flexibility index (Phi) is 6.47. The fraction of sp³-hybridized carbons (Fsp3) is 0.357. The minimum atomic E-state index is -3.91. The highest BCUT2D eigenvalue weighted by molar-refractivity contribution is 7.50. The number of hydrogen-bond donors (Lipinski definition) is 0. The summed E-state index contributed by atoms with van der Waals surface area (Å²) in [7, 11) is -2.36. The molecule has 2 aromatic carbocycles. The summed E-state index contributed by atoms with van der Waals surface area (Å²) in [5.41, 5.74) is 3.00. The Labute approximate surface area is 230 Å². The molecule has 1 spiro atoms. The van der Waals surface area contributed by atoms with E-state index in [-0.39, 0.29) is 24.5 Å². The molecule has 1 unspecified atom stereocenters. The van der Waals surface area contributed by atoms with E-state index in [1.165, 1.54) is 17.0 Å². The van der Waals surface area contributed by atoms with Crippen molar-refractivity contribution in [2.45, 2.75) is 44.8 Å². The fourth-order valence-electron chi connectivity index (χ4n) is 5.33. The molecule has 210 valence electrons. The average molecular weight is 570 g/mol. The predicted octanol–water partition coefficient (Wildman–Crippen LogP) is 5.32. The highest BCUT2D eigenvalue weighted by atomic mass is 31.2. The number of aromatic nitrogens is 2. The molecule has 0 radical (unpaired) electrons. The van der Waals surface area contributed by atoms with Crippen molar-refractivity contribution in [2.75, 3.05) is 20.3 Å². The van der Waals surface area contributed by atoms with Gasteiger partial charge < -0.3 is 18.9 Å². The number of rotatable bonds is 8. The topological polar surface area (TPSA) is 101 Å². The summed E-state index contributed by atoms with van der Waals surface area (Å²) in [5.74, 6) is -3.71. The number of piperidine rings is 1. The van der Waals surface area contributed by atoms with Gasteiger partial charge in [-0.2, -0.15) is 0 Å². The molecule has 4 aliphatic rings. The third-order valence-electron chi connectivity index (χ3n) is 7.32. The summed E-state index contributed by atoms with van der Waals surface area (Å²) in [6.45, 7) is 5.72. The second-order valence-electron chi connectivity index (χ2n) is 10.0. The van der Waals surface area contributed by atoms with Crippen LogP contribution in [0.5, 0.6) is 5.75 Å². The maximum Gasteiger partial charge on any atom is 0.483 e. The standard InChI is InChI=1S/C28H29FN3O7P/c1-5-12-36-28-23(13-20-6-11-24(25(14-20)35-4)31-15-18(2)30-17-31)26(33)32(16-27(28)37-40(34,38-27)39-28)19(3)21-7-9-22(29)10-8-21/h6-11,13-15,17,19H,5,12,16H2,1-4H3/b23-13-/t19-,27?,28?,40?/m0/s1. The Morgan fingerprint density at radius 1 is 1.20 bits per heavy atom. The van der Waals surface area contributed by atoms with Gasteiger partial charge in [0.25, 0.3) is 17.5 Å². The smallest absolute Gasteiger partial charge is 0.483 e. The van der Waals surface area contributed by atoms with Gasteiger partial charge in [-0.25, -0.2) is 27.5 Å². The van der Waals surface area contributed by atoms with Gasteiger partial charge in [0.05, 0.1) is 49.6 Å². The van der Waals surface area contributed by atoms with Crippen molar-refractivity contribution in [3.8, 4) is 11.4 Å². The first kappa shape index (κ1) is 26.9. The Hall–Kier alpha value is -3.34. The number of methoxy groups -OCH3 is 1. The lowest BCUT2D eigenvalue weighted by Gasteiger charge is -2.49. The van der Waals surface area contributed by atoms with Gasteiger partial charge in [0.15, 0.2) is 0 Å². The second kappa shape index (κ2) is 9.64. The van der Waals surface area contributed by atoms with Gasteiger partial charge in [-0.15, -0.1) is 0 Å². The van der Waals surface area contributed by atoms with Crippen molar-refractivity contribution < 1.29 is 36.8 Å². The highest BCUT2D eigenvalue weighted by Gasteiger charge is 2.84. The number of nitrogens with zero attached hydrogens (tertiary/aromatic N) is 3. The monoisotopic (exact) mass is 569 g/mol. The maximum absolute atomic E-state index is 14.2. The molecule has 4 aliphatic heterocycles. The molecule has 10 nitrogen and oxygen atoms in total. The fourth-order valence-corrected chi connectivity index (χ4v) is 7.10. The zero-order valence-electron chi connectivity index (χ0n) is 22.5. The summed E-state index contributed by atoms with van der Waals surface area (Å²) in [4.78, 5) is 20.0. The summed E-state index contributed by atoms with van der Waals surface area (Å²) in [6, 6.07) is 10.8. The van der Waals surface area contributed by atoms with Crippen LogP contribution in [0.25, 0.3) is 11.8 Å². The quantitative estimate of drug-likeness (QED) is 0.266. The van der Waals surface area contributed by atoms with Crippen molar-refractivity contribution in [1.82, 2.24) is 14.5 Å². The van der Waals surface area contributed by atoms with Gasteiger partial charge in [0, 0.05) is 6.20 Å². The van der Waals surface area contributed by atoms with Crippen molar-refractivity contribution >= 4 is 19.8 Å². The number of carbonyl (C=O) groups excluding carboxylic acids is 1. The third-order valence-corrected chi connectivity index (χ3v) is 8.84. The van der Waals surface area contributed by atoms with Crippen molar-refractivity contribution in [1.29, 1.82) is 0 Å². The second-order valence-corrected chi connectivity index (χ2v) is 11.5. The van der Waals surface area contributed by atoms with E-state index in [1.807, 2.05) is 43.7 Å². The number of likely N-dealkylation sites (tertiary alicyclic amines) is 1. The van der Waals surface area contributed by atoms with Crippen molar-refractivity contribution in [2.24, 2.45) is 0 Å². The molecule has 5 heterocycles. The molecule has 3 aromatic rings. The Morgan fingerprint density at radius 3 is 2.60 bits per heavy atom. The number of imidazole rings is 1. The Balaban J connectivity index is 1.46. The normalized spacial score (nSPS) is 28.9. The van der Waals surface area contributed by atoms with Crippen LogP contribution in [0.4, 0.5) is 4.39 Å². The molecule has 4 saturated heterocycles. The van der Waals surface area contributed by atoms with E-state index < -0.39 is 31.3 Å². The van der Waals surface area contributed by atoms with Crippen LogP contribution in [0.15, 0.2) is 60.6 Å². The van der Waals surface area contributed by atoms with E-state index in [4.69, 9.17) is 23.0 Å². The largest absolute Gasteiger partial charge is 0.495 e. The van der Waals surface area contributed by atoms with Crippen LogP contribution in [-0.4, -0.2) is 52.2 Å². The zero-order valence-corrected chi connectivity index (χ0v) is 23.4. The maximum atomic E-state index is 14.2.